The predicted octanol–water partition coefficient (Wildman–Crippen LogP) is -0.371. The highest BCUT2D eigenvalue weighted by Crippen LogP contribution is 2.17. The molecular formula is C10H14N6O3S. The fourth-order valence-electron chi connectivity index (χ4n) is 1.64. The van der Waals surface area contributed by atoms with E-state index in [1.807, 2.05) is 0 Å². The SMILES string of the molecule is O=C(O)CSc1nnc(CO)n1CCCn1ccnn1. The number of aliphatic carboxylic acids is 1. The number of thioether (sulfide) groups is 1. The smallest absolute Gasteiger partial charge is 0.313 e. The molecule has 0 aliphatic heterocycles. The minimum Gasteiger partial charge on any atom is -0.481 e. The van der Waals surface area contributed by atoms with Crippen LogP contribution in [0.2, 0.25) is 0 Å². The van der Waals surface area contributed by atoms with Gasteiger partial charge in [0.25, 0.3) is 0 Å². The van der Waals surface area contributed by atoms with E-state index < -0.39 is 5.97 Å². The van der Waals surface area contributed by atoms with Crippen LogP contribution in [-0.2, 0) is 24.5 Å². The number of carboxylic acids is 1. The van der Waals surface area contributed by atoms with Crippen molar-refractivity contribution < 1.29 is 15.0 Å². The van der Waals surface area contributed by atoms with E-state index in [0.717, 1.165) is 18.2 Å². The van der Waals surface area contributed by atoms with Crippen LogP contribution < -0.4 is 0 Å². The van der Waals surface area contributed by atoms with Crippen LogP contribution in [0.25, 0.3) is 0 Å². The van der Waals surface area contributed by atoms with Crippen molar-refractivity contribution in [3.63, 3.8) is 0 Å². The largest absolute Gasteiger partial charge is 0.481 e. The fourth-order valence-corrected chi connectivity index (χ4v) is 2.34. The summed E-state index contributed by atoms with van der Waals surface area (Å²) >= 11 is 1.08. The van der Waals surface area contributed by atoms with E-state index in [0.29, 0.717) is 24.1 Å². The maximum absolute atomic E-state index is 10.6. The summed E-state index contributed by atoms with van der Waals surface area (Å²) in [6.45, 7) is 1.01. The molecule has 10 heteroatoms. The molecule has 0 fully saturated rings. The molecule has 0 aliphatic rings. The number of carboxylic acid groups (broad SMARTS) is 1. The molecule has 0 saturated carbocycles. The molecule has 0 amide bonds. The van der Waals surface area contributed by atoms with Crippen LogP contribution in [-0.4, -0.2) is 51.7 Å². The number of carbonyl (C=O) groups is 1. The Morgan fingerprint density at radius 1 is 1.35 bits per heavy atom. The van der Waals surface area contributed by atoms with E-state index in [2.05, 4.69) is 20.5 Å². The molecule has 9 nitrogen and oxygen atoms in total. The van der Waals surface area contributed by atoms with Gasteiger partial charge in [-0.1, -0.05) is 17.0 Å². The molecule has 2 N–H and O–H groups in total. The quantitative estimate of drug-likeness (QED) is 0.633. The number of hydrogen-bond donors (Lipinski definition) is 2. The lowest BCUT2D eigenvalue weighted by atomic mass is 10.4. The maximum Gasteiger partial charge on any atom is 0.313 e. The van der Waals surface area contributed by atoms with Gasteiger partial charge < -0.3 is 14.8 Å². The van der Waals surface area contributed by atoms with Crippen LogP contribution in [0, 0.1) is 0 Å². The van der Waals surface area contributed by atoms with Crippen molar-refractivity contribution in [3.05, 3.63) is 18.2 Å². The van der Waals surface area contributed by atoms with Crippen molar-refractivity contribution in [2.75, 3.05) is 5.75 Å². The first kappa shape index (κ1) is 14.5. The molecule has 0 atom stereocenters. The Hall–Kier alpha value is -1.94. The zero-order valence-electron chi connectivity index (χ0n) is 10.6. The van der Waals surface area contributed by atoms with E-state index in [1.165, 1.54) is 0 Å². The van der Waals surface area contributed by atoms with E-state index in [9.17, 15) is 9.90 Å². The van der Waals surface area contributed by atoms with Gasteiger partial charge in [-0.05, 0) is 6.42 Å². The molecule has 0 spiro atoms. The van der Waals surface area contributed by atoms with Crippen LogP contribution in [0.1, 0.15) is 12.2 Å². The molecule has 2 aromatic rings. The van der Waals surface area contributed by atoms with Gasteiger partial charge in [-0.15, -0.1) is 15.3 Å². The Morgan fingerprint density at radius 3 is 2.85 bits per heavy atom. The third kappa shape index (κ3) is 3.78. The first-order valence-corrected chi connectivity index (χ1v) is 6.91. The monoisotopic (exact) mass is 298 g/mol. The maximum atomic E-state index is 10.6. The third-order valence-corrected chi connectivity index (χ3v) is 3.45. The van der Waals surface area contributed by atoms with Gasteiger partial charge in [0.15, 0.2) is 11.0 Å². The molecule has 2 aromatic heterocycles. The van der Waals surface area contributed by atoms with Crippen molar-refractivity contribution in [2.45, 2.75) is 31.3 Å². The normalized spacial score (nSPS) is 10.8. The lowest BCUT2D eigenvalue weighted by molar-refractivity contribution is -0.133. The standard InChI is InChI=1S/C10H14N6O3S/c17-6-8-12-13-10(20-7-9(18)19)16(8)4-1-3-15-5-2-11-14-15/h2,5,17H,1,3-4,6-7H2,(H,18,19). The van der Waals surface area contributed by atoms with Crippen LogP contribution in [0.5, 0.6) is 0 Å². The van der Waals surface area contributed by atoms with Gasteiger partial charge >= 0.3 is 5.97 Å². The number of aromatic nitrogens is 6. The second-order valence-electron chi connectivity index (χ2n) is 3.91. The number of nitrogens with zero attached hydrogens (tertiary/aromatic N) is 6. The average Bonchev–Trinajstić information content (AvgIpc) is 3.06. The molecule has 108 valence electrons. The summed E-state index contributed by atoms with van der Waals surface area (Å²) in [5.74, 6) is -0.582. The molecule has 0 radical (unpaired) electrons. The summed E-state index contributed by atoms with van der Waals surface area (Å²) < 4.78 is 3.43. The van der Waals surface area contributed by atoms with Gasteiger partial charge in [0.1, 0.15) is 6.61 Å². The van der Waals surface area contributed by atoms with Crippen LogP contribution in [0.15, 0.2) is 17.6 Å². The van der Waals surface area contributed by atoms with E-state index in [-0.39, 0.29) is 12.4 Å². The zero-order valence-corrected chi connectivity index (χ0v) is 11.4. The highest BCUT2D eigenvalue weighted by Gasteiger charge is 2.13. The summed E-state index contributed by atoms with van der Waals surface area (Å²) in [4.78, 5) is 10.6. The Balaban J connectivity index is 1.96. The number of aliphatic hydroxyl groups excluding tert-OH is 1. The molecule has 0 aliphatic carbocycles. The molecule has 0 unspecified atom stereocenters. The molecule has 2 rings (SSSR count). The third-order valence-electron chi connectivity index (χ3n) is 2.50. The molecular weight excluding hydrogens is 284 g/mol. The van der Waals surface area contributed by atoms with Crippen molar-refractivity contribution >= 4 is 17.7 Å². The van der Waals surface area contributed by atoms with E-state index >= 15 is 0 Å². The highest BCUT2D eigenvalue weighted by atomic mass is 32.2. The second-order valence-corrected chi connectivity index (χ2v) is 4.85. The zero-order chi connectivity index (χ0) is 14.4. The molecule has 2 heterocycles. The van der Waals surface area contributed by atoms with E-state index in [1.54, 1.807) is 21.6 Å². The summed E-state index contributed by atoms with van der Waals surface area (Å²) in [7, 11) is 0. The number of aliphatic hydroxyl groups is 1. The van der Waals surface area contributed by atoms with Gasteiger partial charge in [0, 0.05) is 19.3 Å². The summed E-state index contributed by atoms with van der Waals surface area (Å²) in [6, 6.07) is 0. The number of rotatable bonds is 8. The highest BCUT2D eigenvalue weighted by molar-refractivity contribution is 7.99. The van der Waals surface area contributed by atoms with Gasteiger partial charge in [0.05, 0.1) is 11.9 Å². The van der Waals surface area contributed by atoms with Gasteiger partial charge in [-0.3, -0.25) is 9.48 Å². The van der Waals surface area contributed by atoms with Crippen molar-refractivity contribution in [1.29, 1.82) is 0 Å². The molecule has 20 heavy (non-hydrogen) atoms. The Bertz CT molecular complexity index is 555. The Labute approximate surface area is 118 Å². The molecule has 0 bridgehead atoms. The van der Waals surface area contributed by atoms with Crippen molar-refractivity contribution in [1.82, 2.24) is 29.8 Å². The minimum absolute atomic E-state index is 0.0906. The number of aryl methyl sites for hydroxylation is 1. The summed E-state index contributed by atoms with van der Waals surface area (Å²) in [6.07, 6.45) is 4.11. The average molecular weight is 298 g/mol. The first-order chi connectivity index (χ1) is 9.70. The van der Waals surface area contributed by atoms with Crippen LogP contribution in [0.4, 0.5) is 0 Å². The lowest BCUT2D eigenvalue weighted by Gasteiger charge is -2.08. The number of hydrogen-bond acceptors (Lipinski definition) is 7. The topological polar surface area (TPSA) is 119 Å². The van der Waals surface area contributed by atoms with Gasteiger partial charge in [-0.25, -0.2) is 0 Å². The molecule has 0 aromatic carbocycles. The summed E-state index contributed by atoms with van der Waals surface area (Å²) in [5.41, 5.74) is 0. The van der Waals surface area contributed by atoms with Gasteiger partial charge in [-0.2, -0.15) is 0 Å². The van der Waals surface area contributed by atoms with E-state index in [4.69, 9.17) is 5.11 Å². The minimum atomic E-state index is -0.919. The molecule has 0 saturated heterocycles. The van der Waals surface area contributed by atoms with Crippen molar-refractivity contribution in [2.24, 2.45) is 0 Å². The Morgan fingerprint density at radius 2 is 2.20 bits per heavy atom. The second kappa shape index (κ2) is 7.01. The lowest BCUT2D eigenvalue weighted by Crippen LogP contribution is -2.10. The summed E-state index contributed by atoms with van der Waals surface area (Å²) in [5, 5.41) is 33.7. The van der Waals surface area contributed by atoms with Crippen LogP contribution >= 0.6 is 11.8 Å². The predicted molar refractivity (Wildman–Crippen MR) is 68.9 cm³/mol. The van der Waals surface area contributed by atoms with Crippen molar-refractivity contribution in [3.8, 4) is 0 Å². The van der Waals surface area contributed by atoms with Crippen LogP contribution in [0.3, 0.4) is 0 Å². The fraction of sp³-hybridized carbons (Fsp3) is 0.500. The first-order valence-electron chi connectivity index (χ1n) is 5.92. The Kier molecular flexibility index (Phi) is 5.07. The van der Waals surface area contributed by atoms with Gasteiger partial charge in [0.2, 0.25) is 0 Å².